The summed E-state index contributed by atoms with van der Waals surface area (Å²) in [6.45, 7) is 4.43. The minimum atomic E-state index is -0.484. The molecule has 5 heteroatoms. The molecule has 114 valence electrons. The Morgan fingerprint density at radius 2 is 2.00 bits per heavy atom. The number of halogens is 3. The maximum atomic E-state index is 14.4. The molecule has 0 aliphatic carbocycles. The molecule has 0 fully saturated rings. The van der Waals surface area contributed by atoms with Gasteiger partial charge in [-0.25, -0.2) is 8.78 Å². The van der Waals surface area contributed by atoms with E-state index in [1.807, 2.05) is 19.1 Å². The molecule has 0 aliphatic heterocycles. The van der Waals surface area contributed by atoms with Gasteiger partial charge in [-0.05, 0) is 59.6 Å². The number of nitrogens with one attached hydrogen (secondary N) is 1. The maximum Gasteiger partial charge on any atom is 0.133 e. The van der Waals surface area contributed by atoms with Crippen molar-refractivity contribution < 1.29 is 8.78 Å². The Morgan fingerprint density at radius 1 is 1.24 bits per heavy atom. The quantitative estimate of drug-likeness (QED) is 0.716. The third-order valence-corrected chi connectivity index (χ3v) is 4.99. The molecule has 1 atom stereocenters. The van der Waals surface area contributed by atoms with Gasteiger partial charge in [-0.1, -0.05) is 13.0 Å². The average molecular weight is 374 g/mol. The Balaban J connectivity index is 2.33. The van der Waals surface area contributed by atoms with E-state index in [1.54, 1.807) is 18.3 Å². The van der Waals surface area contributed by atoms with Crippen molar-refractivity contribution in [3.8, 4) is 0 Å². The van der Waals surface area contributed by atoms with Gasteiger partial charge in [0.1, 0.15) is 11.6 Å². The van der Waals surface area contributed by atoms with E-state index in [0.29, 0.717) is 12.0 Å². The third kappa shape index (κ3) is 4.11. The van der Waals surface area contributed by atoms with Crippen molar-refractivity contribution >= 4 is 27.3 Å². The smallest absolute Gasteiger partial charge is 0.133 e. The molecule has 0 spiro atoms. The molecule has 1 heterocycles. The van der Waals surface area contributed by atoms with Crippen LogP contribution in [0.4, 0.5) is 8.78 Å². The molecule has 0 saturated heterocycles. The summed E-state index contributed by atoms with van der Waals surface area (Å²) < 4.78 is 29.5. The predicted octanol–water partition coefficient (Wildman–Crippen LogP) is 5.38. The van der Waals surface area contributed by atoms with Crippen LogP contribution >= 0.6 is 27.3 Å². The van der Waals surface area contributed by atoms with Gasteiger partial charge < -0.3 is 5.32 Å². The molecule has 1 unspecified atom stereocenters. The first-order valence-corrected chi connectivity index (χ1v) is 8.56. The molecule has 21 heavy (non-hydrogen) atoms. The van der Waals surface area contributed by atoms with Gasteiger partial charge in [-0.15, -0.1) is 11.3 Å². The molecule has 0 bridgehead atoms. The van der Waals surface area contributed by atoms with Gasteiger partial charge in [0, 0.05) is 22.9 Å². The van der Waals surface area contributed by atoms with Gasteiger partial charge in [-0.3, -0.25) is 0 Å². The zero-order valence-electron chi connectivity index (χ0n) is 12.1. The molecule has 1 aromatic carbocycles. The summed E-state index contributed by atoms with van der Waals surface area (Å²) >= 11 is 5.01. The lowest BCUT2D eigenvalue weighted by atomic mass is 9.99. The molecule has 0 saturated carbocycles. The van der Waals surface area contributed by atoms with Crippen molar-refractivity contribution in [1.82, 2.24) is 5.32 Å². The highest BCUT2D eigenvalue weighted by Gasteiger charge is 2.22. The van der Waals surface area contributed by atoms with Gasteiger partial charge in [0.25, 0.3) is 0 Å². The van der Waals surface area contributed by atoms with E-state index in [4.69, 9.17) is 0 Å². The van der Waals surface area contributed by atoms with E-state index in [9.17, 15) is 8.78 Å². The van der Waals surface area contributed by atoms with E-state index >= 15 is 0 Å². The van der Waals surface area contributed by atoms with Crippen LogP contribution in [0.25, 0.3) is 0 Å². The minimum absolute atomic E-state index is 0.146. The molecule has 0 aliphatic rings. The second-order valence-electron chi connectivity index (χ2n) is 5.01. The highest BCUT2D eigenvalue weighted by molar-refractivity contribution is 9.11. The lowest BCUT2D eigenvalue weighted by Gasteiger charge is -2.20. The lowest BCUT2D eigenvalue weighted by Crippen LogP contribution is -2.26. The summed E-state index contributed by atoms with van der Waals surface area (Å²) in [5.74, 6) is -0.929. The molecule has 0 radical (unpaired) electrons. The van der Waals surface area contributed by atoms with Gasteiger partial charge in [0.2, 0.25) is 0 Å². The Kier molecular flexibility index (Phi) is 5.90. The number of aryl methyl sites for hydroxylation is 1. The average Bonchev–Trinajstić information content (AvgIpc) is 2.86. The Bertz CT molecular complexity index is 612. The van der Waals surface area contributed by atoms with Gasteiger partial charge in [0.05, 0.1) is 3.79 Å². The zero-order valence-corrected chi connectivity index (χ0v) is 14.5. The van der Waals surface area contributed by atoms with Crippen molar-refractivity contribution in [1.29, 1.82) is 0 Å². The third-order valence-electron chi connectivity index (χ3n) is 3.34. The molecular weight excluding hydrogens is 356 g/mol. The van der Waals surface area contributed by atoms with Crippen LogP contribution in [0.5, 0.6) is 0 Å². The van der Waals surface area contributed by atoms with Crippen LogP contribution in [0.15, 0.2) is 28.1 Å². The van der Waals surface area contributed by atoms with E-state index in [-0.39, 0.29) is 11.6 Å². The summed E-state index contributed by atoms with van der Waals surface area (Å²) in [4.78, 5) is 1.09. The van der Waals surface area contributed by atoms with E-state index < -0.39 is 11.6 Å². The number of hydrogen-bond donors (Lipinski definition) is 1. The number of benzene rings is 1. The predicted molar refractivity (Wildman–Crippen MR) is 87.9 cm³/mol. The summed E-state index contributed by atoms with van der Waals surface area (Å²) in [5.41, 5.74) is 0.620. The van der Waals surface area contributed by atoms with Crippen molar-refractivity contribution in [3.63, 3.8) is 0 Å². The Hall–Kier alpha value is -0.780. The van der Waals surface area contributed by atoms with Gasteiger partial charge in [0.15, 0.2) is 0 Å². The first-order chi connectivity index (χ1) is 10.0. The van der Waals surface area contributed by atoms with Crippen LogP contribution in [0.1, 0.15) is 35.4 Å². The number of rotatable bonds is 6. The second-order valence-corrected chi connectivity index (χ2v) is 7.56. The lowest BCUT2D eigenvalue weighted by molar-refractivity contribution is 0.463. The van der Waals surface area contributed by atoms with Crippen molar-refractivity contribution in [2.75, 3.05) is 6.54 Å². The molecule has 1 aromatic heterocycles. The summed E-state index contributed by atoms with van der Waals surface area (Å²) in [7, 11) is 0. The van der Waals surface area contributed by atoms with Gasteiger partial charge in [-0.2, -0.15) is 0 Å². The van der Waals surface area contributed by atoms with E-state index in [2.05, 4.69) is 21.2 Å². The monoisotopic (exact) mass is 373 g/mol. The van der Waals surface area contributed by atoms with E-state index in [0.717, 1.165) is 21.6 Å². The van der Waals surface area contributed by atoms with Crippen LogP contribution in [-0.2, 0) is 6.42 Å². The maximum absolute atomic E-state index is 14.4. The standard InChI is InChI=1S/C16H18BrF2NS/c1-3-8-20-13(9-11-5-7-14(17)21-11)15-12(18)6-4-10(2)16(15)19/h4-7,13,20H,3,8-9H2,1-2H3. The molecule has 2 rings (SSSR count). The Labute approximate surface area is 136 Å². The van der Waals surface area contributed by atoms with Crippen LogP contribution in [0.2, 0.25) is 0 Å². The van der Waals surface area contributed by atoms with E-state index in [1.165, 1.54) is 12.1 Å². The Morgan fingerprint density at radius 3 is 2.62 bits per heavy atom. The van der Waals surface area contributed by atoms with Crippen LogP contribution in [0.3, 0.4) is 0 Å². The summed E-state index contributed by atoms with van der Waals surface area (Å²) in [6.07, 6.45) is 1.49. The summed E-state index contributed by atoms with van der Waals surface area (Å²) in [6, 6.07) is 6.42. The van der Waals surface area contributed by atoms with Crippen LogP contribution in [0, 0.1) is 18.6 Å². The fraction of sp³-hybridized carbons (Fsp3) is 0.375. The molecule has 0 amide bonds. The number of hydrogen-bond acceptors (Lipinski definition) is 2. The number of thiophene rings is 1. The highest BCUT2D eigenvalue weighted by atomic mass is 79.9. The van der Waals surface area contributed by atoms with Gasteiger partial charge >= 0.3 is 0 Å². The summed E-state index contributed by atoms with van der Waals surface area (Å²) in [5, 5.41) is 3.26. The highest BCUT2D eigenvalue weighted by Crippen LogP contribution is 2.30. The van der Waals surface area contributed by atoms with Crippen molar-refractivity contribution in [3.05, 3.63) is 55.7 Å². The molecule has 2 aromatic rings. The second kappa shape index (κ2) is 7.47. The molecule has 1 N–H and O–H groups in total. The first kappa shape index (κ1) is 16.6. The zero-order chi connectivity index (χ0) is 15.4. The fourth-order valence-electron chi connectivity index (χ4n) is 2.26. The molecule has 1 nitrogen and oxygen atoms in total. The topological polar surface area (TPSA) is 12.0 Å². The van der Waals surface area contributed by atoms with Crippen LogP contribution < -0.4 is 5.32 Å². The molecular formula is C16H18BrF2NS. The largest absolute Gasteiger partial charge is 0.309 e. The SMILES string of the molecule is CCCNC(Cc1ccc(Br)s1)c1c(F)ccc(C)c1F. The van der Waals surface area contributed by atoms with Crippen molar-refractivity contribution in [2.45, 2.75) is 32.7 Å². The first-order valence-electron chi connectivity index (χ1n) is 6.95. The fourth-order valence-corrected chi connectivity index (χ4v) is 3.78. The minimum Gasteiger partial charge on any atom is -0.309 e. The van der Waals surface area contributed by atoms with Crippen LogP contribution in [-0.4, -0.2) is 6.54 Å². The van der Waals surface area contributed by atoms with Crippen molar-refractivity contribution in [2.24, 2.45) is 0 Å². The normalized spacial score (nSPS) is 12.6.